The molecule has 2 aromatic rings. The summed E-state index contributed by atoms with van der Waals surface area (Å²) in [6.07, 6.45) is -0.690. The number of rotatable bonds is 13. The minimum atomic E-state index is -4.92. The van der Waals surface area contributed by atoms with Gasteiger partial charge in [0.1, 0.15) is 12.4 Å². The third-order valence-corrected chi connectivity index (χ3v) is 7.10. The molecule has 1 fully saturated rings. The van der Waals surface area contributed by atoms with Gasteiger partial charge >= 0.3 is 27.4 Å². The predicted molar refractivity (Wildman–Crippen MR) is 130 cm³/mol. The van der Waals surface area contributed by atoms with Crippen molar-refractivity contribution in [1.82, 2.24) is 19.1 Å². The van der Waals surface area contributed by atoms with Crippen LogP contribution in [0.4, 0.5) is 0 Å². The Bertz CT molecular complexity index is 1330. The van der Waals surface area contributed by atoms with Crippen LogP contribution in [0.5, 0.6) is 0 Å². The number of nitrogens with zero attached hydrogens (tertiary/aromatic N) is 4. The summed E-state index contributed by atoms with van der Waals surface area (Å²) in [7, 11) is -8.95. The molecule has 39 heavy (non-hydrogen) atoms. The van der Waals surface area contributed by atoms with Crippen molar-refractivity contribution in [2.24, 2.45) is 0 Å². The monoisotopic (exact) mass is 596 g/mol. The number of carbonyl (C=O) groups is 2. The molecule has 4 N–H and O–H groups in total. The molecule has 0 spiro atoms. The first-order chi connectivity index (χ1) is 18.2. The number of phosphoric acid groups is 1. The van der Waals surface area contributed by atoms with E-state index in [1.54, 1.807) is 0 Å². The molecule has 0 bridgehead atoms. The molecule has 1 saturated heterocycles. The van der Waals surface area contributed by atoms with Crippen LogP contribution in [0.2, 0.25) is 0 Å². The number of aromatic nitrogens is 4. The van der Waals surface area contributed by atoms with Gasteiger partial charge < -0.3 is 33.8 Å². The van der Waals surface area contributed by atoms with Gasteiger partial charge in [-0.05, 0) is 12.8 Å². The van der Waals surface area contributed by atoms with Crippen LogP contribution in [0.25, 0.3) is 11.2 Å². The number of hydrogen-bond donors (Lipinski definition) is 4. The lowest BCUT2D eigenvalue weighted by Gasteiger charge is -2.23. The van der Waals surface area contributed by atoms with E-state index >= 15 is 0 Å². The van der Waals surface area contributed by atoms with E-state index < -0.39 is 64.1 Å². The highest BCUT2D eigenvalue weighted by molar-refractivity contribution is 7.51. The van der Waals surface area contributed by atoms with Crippen molar-refractivity contribution < 1.29 is 57.0 Å². The molecule has 0 unspecified atom stereocenters. The third kappa shape index (κ3) is 8.75. The normalized spacial score (nSPS) is 21.8. The summed E-state index contributed by atoms with van der Waals surface area (Å²) < 4.78 is 45.7. The molecule has 2 aromatic heterocycles. The maximum atomic E-state index is 13.0. The van der Waals surface area contributed by atoms with Crippen LogP contribution >= 0.6 is 15.4 Å². The Morgan fingerprint density at radius 3 is 2.23 bits per heavy atom. The van der Waals surface area contributed by atoms with Gasteiger partial charge in [0.15, 0.2) is 29.6 Å². The van der Waals surface area contributed by atoms with E-state index in [9.17, 15) is 23.5 Å². The average Bonchev–Trinajstić information content (AvgIpc) is 3.36. The number of imidazole rings is 1. The average molecular weight is 596 g/mol. The lowest BCUT2D eigenvalue weighted by Crippen LogP contribution is -2.40. The van der Waals surface area contributed by atoms with E-state index in [1.807, 2.05) is 0 Å². The molecular weight excluding hydrogens is 566 g/mol. The summed E-state index contributed by atoms with van der Waals surface area (Å²) in [4.78, 5) is 81.0. The summed E-state index contributed by atoms with van der Waals surface area (Å²) in [6.45, 7) is 1.78. The molecule has 3 rings (SSSR count). The zero-order valence-corrected chi connectivity index (χ0v) is 22.8. The molecule has 0 aromatic carbocycles. The van der Waals surface area contributed by atoms with Gasteiger partial charge in [-0.25, -0.2) is 14.5 Å². The van der Waals surface area contributed by atoms with Gasteiger partial charge in [0.25, 0.3) is 5.56 Å². The topological polar surface area (TPSA) is 239 Å². The van der Waals surface area contributed by atoms with Gasteiger partial charge in [-0.15, -0.1) is 0 Å². The second kappa shape index (κ2) is 12.8. The van der Waals surface area contributed by atoms with Crippen molar-refractivity contribution in [3.8, 4) is 0 Å². The molecule has 17 nitrogen and oxygen atoms in total. The van der Waals surface area contributed by atoms with Crippen molar-refractivity contribution in [2.75, 3.05) is 12.8 Å². The number of carbonyl (C=O) groups excluding carboxylic acids is 2. The minimum Gasteiger partial charge on any atom is -0.456 e. The zero-order valence-electron chi connectivity index (χ0n) is 21.1. The highest BCUT2D eigenvalue weighted by Crippen LogP contribution is 2.40. The van der Waals surface area contributed by atoms with Gasteiger partial charge in [0.05, 0.1) is 12.9 Å². The number of esters is 2. The maximum absolute atomic E-state index is 13.0. The molecule has 4 atom stereocenters. The number of unbranched alkanes of at least 4 members (excludes halogenated alkanes) is 3. The van der Waals surface area contributed by atoms with Crippen LogP contribution in [-0.2, 0) is 44.0 Å². The number of fused-ring (bicyclic) bond motifs is 1. The van der Waals surface area contributed by atoms with E-state index in [0.29, 0.717) is 25.7 Å². The minimum absolute atomic E-state index is 0.0388. The Labute approximate surface area is 221 Å². The van der Waals surface area contributed by atoms with Crippen LogP contribution in [0.15, 0.2) is 17.4 Å². The van der Waals surface area contributed by atoms with Crippen LogP contribution in [0.1, 0.15) is 45.8 Å². The number of phosphoric ester groups is 1. The molecule has 1 aliphatic heterocycles. The Morgan fingerprint density at radius 1 is 0.974 bits per heavy atom. The van der Waals surface area contributed by atoms with E-state index in [2.05, 4.69) is 14.5 Å². The first-order valence-corrected chi connectivity index (χ1v) is 15.2. The Hall–Kier alpha value is -2.49. The third-order valence-electron chi connectivity index (χ3n) is 5.72. The Morgan fingerprint density at radius 2 is 1.62 bits per heavy atom. The first-order valence-electron chi connectivity index (χ1n) is 11.8. The largest absolute Gasteiger partial charge is 0.469 e. The van der Waals surface area contributed by atoms with E-state index in [1.165, 1.54) is 21.8 Å². The summed E-state index contributed by atoms with van der Waals surface area (Å²) in [6, 6.07) is 0. The Balaban J connectivity index is 1.82. The maximum Gasteiger partial charge on any atom is 0.469 e. The SMILES string of the molecule is CC(=O)O[C@@H]1[C@H](OC(C)=O)[C@@H](COP(=O)(O)O)O[C@H]1n1cnc2c(=O)n(CCCCCCP(=O)(O)O)cnc21. The second-order valence-corrected chi connectivity index (χ2v) is 11.9. The van der Waals surface area contributed by atoms with Crippen molar-refractivity contribution in [3.05, 3.63) is 23.0 Å². The van der Waals surface area contributed by atoms with Crippen molar-refractivity contribution in [2.45, 2.75) is 70.6 Å². The van der Waals surface area contributed by atoms with E-state index in [-0.39, 0.29) is 23.9 Å². The molecule has 0 radical (unpaired) electrons. The molecule has 0 amide bonds. The fourth-order valence-electron chi connectivity index (χ4n) is 4.13. The van der Waals surface area contributed by atoms with Crippen LogP contribution in [0.3, 0.4) is 0 Å². The van der Waals surface area contributed by atoms with Gasteiger partial charge in [-0.3, -0.25) is 32.6 Å². The zero-order chi connectivity index (χ0) is 29.0. The van der Waals surface area contributed by atoms with Crippen LogP contribution < -0.4 is 5.56 Å². The quantitative estimate of drug-likeness (QED) is 0.137. The highest BCUT2D eigenvalue weighted by Gasteiger charge is 2.51. The van der Waals surface area contributed by atoms with Gasteiger partial charge in [0, 0.05) is 26.6 Å². The Kier molecular flexibility index (Phi) is 10.2. The molecular formula is C20H30N4O13P2. The molecule has 19 heteroatoms. The molecule has 1 aliphatic rings. The lowest BCUT2D eigenvalue weighted by atomic mass is 10.1. The van der Waals surface area contributed by atoms with Crippen molar-refractivity contribution in [3.63, 3.8) is 0 Å². The van der Waals surface area contributed by atoms with Crippen LogP contribution in [0, 0.1) is 0 Å². The fourth-order valence-corrected chi connectivity index (χ4v) is 5.11. The smallest absolute Gasteiger partial charge is 0.456 e. The van der Waals surface area contributed by atoms with Gasteiger partial charge in [-0.1, -0.05) is 12.8 Å². The fraction of sp³-hybridized carbons (Fsp3) is 0.650. The summed E-state index contributed by atoms with van der Waals surface area (Å²) in [5.74, 6) is -1.54. The first kappa shape index (κ1) is 31.0. The summed E-state index contributed by atoms with van der Waals surface area (Å²) in [5, 5.41) is 0. The van der Waals surface area contributed by atoms with Crippen LogP contribution in [-0.4, -0.2) is 81.7 Å². The standard InChI is InChI=1S/C20H30N4O13P2/c1-12(25)35-16-14(9-34-39(31,32)33)37-20(17(16)36-13(2)26)24-11-21-15-18(24)22-10-23(19(15)27)7-5-3-4-6-8-38(28,29)30/h10-11,14,16-17,20H,3-9H2,1-2H3,(H2,28,29,30)(H2,31,32,33)/t14-,16-,17-,20-/m1/s1. The van der Waals surface area contributed by atoms with Gasteiger partial charge in [0.2, 0.25) is 0 Å². The van der Waals surface area contributed by atoms with Crippen molar-refractivity contribution in [1.29, 1.82) is 0 Å². The van der Waals surface area contributed by atoms with E-state index in [0.717, 1.165) is 13.8 Å². The summed E-state index contributed by atoms with van der Waals surface area (Å²) in [5.41, 5.74) is -0.463. The molecule has 0 aliphatic carbocycles. The van der Waals surface area contributed by atoms with E-state index in [4.69, 9.17) is 33.8 Å². The molecule has 0 saturated carbocycles. The predicted octanol–water partition coefficient (Wildman–Crippen LogP) is 0.201. The lowest BCUT2D eigenvalue weighted by molar-refractivity contribution is -0.165. The summed E-state index contributed by atoms with van der Waals surface area (Å²) >= 11 is 0. The number of ether oxygens (including phenoxy) is 3. The number of hydrogen-bond acceptors (Lipinski definition) is 11. The molecule has 3 heterocycles. The number of aryl methyl sites for hydroxylation is 1. The van der Waals surface area contributed by atoms with Crippen molar-refractivity contribution >= 4 is 38.5 Å². The second-order valence-electron chi connectivity index (χ2n) is 8.87. The highest BCUT2D eigenvalue weighted by atomic mass is 31.2. The molecule has 218 valence electrons. The van der Waals surface area contributed by atoms with Gasteiger partial charge in [-0.2, -0.15) is 0 Å².